The molecule has 0 aromatic rings. The van der Waals surface area contributed by atoms with E-state index < -0.39 is 11.9 Å². The number of rotatable bonds is 13. The Hall–Kier alpha value is -1.32. The van der Waals surface area contributed by atoms with Crippen molar-refractivity contribution in [2.45, 2.75) is 90.4 Å². The number of carboxylic acids is 1. The first kappa shape index (κ1) is 21.7. The molecule has 0 bridgehead atoms. The van der Waals surface area contributed by atoms with Crippen molar-refractivity contribution >= 4 is 11.9 Å². The van der Waals surface area contributed by atoms with Gasteiger partial charge in [0.2, 0.25) is 5.91 Å². The Bertz CT molecular complexity index is 400. The van der Waals surface area contributed by atoms with Crippen LogP contribution in [0.4, 0.5) is 0 Å². The monoisotopic (exact) mass is 351 g/mol. The molecule has 1 unspecified atom stereocenters. The largest absolute Gasteiger partial charge is 0.481 e. The summed E-state index contributed by atoms with van der Waals surface area (Å²) in [4.78, 5) is 25.5. The maximum absolute atomic E-state index is 12.5. The van der Waals surface area contributed by atoms with Crippen LogP contribution in [0.2, 0.25) is 0 Å². The van der Waals surface area contributed by atoms with Crippen molar-refractivity contribution < 1.29 is 14.7 Å². The molecule has 4 heteroatoms. The molecule has 0 saturated carbocycles. The number of piperidine rings is 1. The van der Waals surface area contributed by atoms with E-state index in [0.29, 0.717) is 0 Å². The SMILES string of the molecule is CCCCCCCCCC/C=C/C(CC(=O)O)C(=O)N1CCCCC1. The molecule has 1 N–H and O–H groups in total. The zero-order chi connectivity index (χ0) is 18.3. The van der Waals surface area contributed by atoms with Crippen molar-refractivity contribution in [2.24, 2.45) is 5.92 Å². The lowest BCUT2D eigenvalue weighted by Gasteiger charge is -2.29. The molecular formula is C21H37NO3. The third-order valence-electron chi connectivity index (χ3n) is 4.97. The molecule has 1 rings (SSSR count). The zero-order valence-electron chi connectivity index (χ0n) is 16.0. The van der Waals surface area contributed by atoms with Gasteiger partial charge in [-0.3, -0.25) is 9.59 Å². The fourth-order valence-electron chi connectivity index (χ4n) is 3.43. The van der Waals surface area contributed by atoms with Crippen molar-refractivity contribution in [2.75, 3.05) is 13.1 Å². The third kappa shape index (κ3) is 10.3. The second-order valence-electron chi connectivity index (χ2n) is 7.28. The van der Waals surface area contributed by atoms with Crippen LogP contribution in [-0.4, -0.2) is 35.0 Å². The van der Waals surface area contributed by atoms with Crippen LogP contribution < -0.4 is 0 Å². The number of carbonyl (C=O) groups excluding carboxylic acids is 1. The minimum absolute atomic E-state index is 0.00530. The normalized spacial score (nSPS) is 16.3. The fraction of sp³-hybridized carbons (Fsp3) is 0.810. The molecule has 0 aliphatic carbocycles. The maximum atomic E-state index is 12.5. The van der Waals surface area contributed by atoms with Crippen LogP contribution >= 0.6 is 0 Å². The first-order valence-corrected chi connectivity index (χ1v) is 10.3. The van der Waals surface area contributed by atoms with Gasteiger partial charge >= 0.3 is 5.97 Å². The van der Waals surface area contributed by atoms with Gasteiger partial charge in [0.05, 0.1) is 12.3 Å². The molecule has 1 aliphatic rings. The van der Waals surface area contributed by atoms with Crippen LogP contribution in [0.25, 0.3) is 0 Å². The van der Waals surface area contributed by atoms with E-state index in [9.17, 15) is 9.59 Å². The molecule has 1 amide bonds. The second-order valence-corrected chi connectivity index (χ2v) is 7.28. The van der Waals surface area contributed by atoms with Gasteiger partial charge in [0.25, 0.3) is 0 Å². The number of carboxylic acid groups (broad SMARTS) is 1. The van der Waals surface area contributed by atoms with E-state index in [-0.39, 0.29) is 12.3 Å². The lowest BCUT2D eigenvalue weighted by molar-refractivity contribution is -0.143. The van der Waals surface area contributed by atoms with Gasteiger partial charge in [-0.15, -0.1) is 0 Å². The molecule has 1 aliphatic heterocycles. The molecule has 1 saturated heterocycles. The minimum Gasteiger partial charge on any atom is -0.481 e. The first-order chi connectivity index (χ1) is 12.1. The summed E-state index contributed by atoms with van der Waals surface area (Å²) in [7, 11) is 0. The van der Waals surface area contributed by atoms with Crippen LogP contribution in [0, 0.1) is 5.92 Å². The number of carbonyl (C=O) groups is 2. The van der Waals surface area contributed by atoms with Gasteiger partial charge in [-0.1, -0.05) is 64.0 Å². The quantitative estimate of drug-likeness (QED) is 0.367. The number of likely N-dealkylation sites (tertiary alicyclic amines) is 1. The smallest absolute Gasteiger partial charge is 0.304 e. The summed E-state index contributed by atoms with van der Waals surface area (Å²) >= 11 is 0. The number of hydrogen-bond acceptors (Lipinski definition) is 2. The van der Waals surface area contributed by atoms with Crippen molar-refractivity contribution in [3.8, 4) is 0 Å². The van der Waals surface area contributed by atoms with Crippen molar-refractivity contribution in [1.82, 2.24) is 4.90 Å². The van der Waals surface area contributed by atoms with E-state index in [0.717, 1.165) is 38.8 Å². The molecule has 0 aromatic heterocycles. The van der Waals surface area contributed by atoms with Gasteiger partial charge in [-0.25, -0.2) is 0 Å². The first-order valence-electron chi connectivity index (χ1n) is 10.3. The van der Waals surface area contributed by atoms with Gasteiger partial charge in [0, 0.05) is 13.1 Å². The van der Waals surface area contributed by atoms with Crippen LogP contribution in [0.3, 0.4) is 0 Å². The molecular weight excluding hydrogens is 314 g/mol. The number of hydrogen-bond donors (Lipinski definition) is 1. The van der Waals surface area contributed by atoms with Gasteiger partial charge in [0.15, 0.2) is 0 Å². The van der Waals surface area contributed by atoms with E-state index in [1.165, 1.54) is 51.4 Å². The van der Waals surface area contributed by atoms with Gasteiger partial charge in [-0.2, -0.15) is 0 Å². The highest BCUT2D eigenvalue weighted by molar-refractivity contribution is 5.84. The lowest BCUT2D eigenvalue weighted by atomic mass is 10.00. The highest BCUT2D eigenvalue weighted by atomic mass is 16.4. The van der Waals surface area contributed by atoms with Crippen LogP contribution in [-0.2, 0) is 9.59 Å². The van der Waals surface area contributed by atoms with E-state index in [1.807, 2.05) is 17.1 Å². The number of allylic oxidation sites excluding steroid dienone is 1. The summed E-state index contributed by atoms with van der Waals surface area (Å²) in [5.41, 5.74) is 0. The summed E-state index contributed by atoms with van der Waals surface area (Å²) < 4.78 is 0. The summed E-state index contributed by atoms with van der Waals surface area (Å²) in [6.45, 7) is 3.79. The van der Waals surface area contributed by atoms with Crippen LogP contribution in [0.1, 0.15) is 90.4 Å². The van der Waals surface area contributed by atoms with Gasteiger partial charge in [0.1, 0.15) is 0 Å². The molecule has 144 valence electrons. The number of aliphatic carboxylic acids is 1. The summed E-state index contributed by atoms with van der Waals surface area (Å²) in [5.74, 6) is -1.40. The summed E-state index contributed by atoms with van der Waals surface area (Å²) in [6.07, 6.45) is 18.2. The molecule has 1 heterocycles. The zero-order valence-corrected chi connectivity index (χ0v) is 16.0. The lowest BCUT2D eigenvalue weighted by Crippen LogP contribution is -2.39. The molecule has 1 fully saturated rings. The van der Waals surface area contributed by atoms with Crippen molar-refractivity contribution in [1.29, 1.82) is 0 Å². The fourth-order valence-corrected chi connectivity index (χ4v) is 3.43. The van der Waals surface area contributed by atoms with Crippen LogP contribution in [0.15, 0.2) is 12.2 Å². The Morgan fingerprint density at radius 2 is 1.56 bits per heavy atom. The summed E-state index contributed by atoms with van der Waals surface area (Å²) in [5, 5.41) is 9.09. The Kier molecular flexibility index (Phi) is 12.1. The Morgan fingerprint density at radius 1 is 0.960 bits per heavy atom. The second kappa shape index (κ2) is 13.9. The topological polar surface area (TPSA) is 57.6 Å². The average molecular weight is 352 g/mol. The maximum Gasteiger partial charge on any atom is 0.304 e. The molecule has 0 aromatic carbocycles. The summed E-state index contributed by atoms with van der Waals surface area (Å²) in [6, 6.07) is 0. The average Bonchev–Trinajstić information content (AvgIpc) is 2.62. The predicted octanol–water partition coefficient (Wildman–Crippen LogP) is 5.18. The standard InChI is InChI=1S/C21H37NO3/c1-2-3-4-5-6-7-8-9-10-12-15-19(18-20(23)24)21(25)22-16-13-11-14-17-22/h12,15,19H,2-11,13-14,16-18H2,1H3,(H,23,24)/b15-12+. The van der Waals surface area contributed by atoms with Gasteiger partial charge < -0.3 is 10.0 Å². The number of unbranched alkanes of at least 4 members (excludes halogenated alkanes) is 8. The highest BCUT2D eigenvalue weighted by Crippen LogP contribution is 2.17. The Morgan fingerprint density at radius 3 is 2.16 bits per heavy atom. The van der Waals surface area contributed by atoms with Gasteiger partial charge in [-0.05, 0) is 32.1 Å². The minimum atomic E-state index is -0.896. The number of amides is 1. The van der Waals surface area contributed by atoms with Crippen LogP contribution in [0.5, 0.6) is 0 Å². The molecule has 4 nitrogen and oxygen atoms in total. The van der Waals surface area contributed by atoms with Crippen molar-refractivity contribution in [3.63, 3.8) is 0 Å². The molecule has 1 atom stereocenters. The van der Waals surface area contributed by atoms with E-state index in [2.05, 4.69) is 6.92 Å². The van der Waals surface area contributed by atoms with E-state index in [4.69, 9.17) is 5.11 Å². The van der Waals surface area contributed by atoms with E-state index >= 15 is 0 Å². The number of nitrogens with zero attached hydrogens (tertiary/aromatic N) is 1. The third-order valence-corrected chi connectivity index (χ3v) is 4.97. The van der Waals surface area contributed by atoms with Crippen molar-refractivity contribution in [3.05, 3.63) is 12.2 Å². The highest BCUT2D eigenvalue weighted by Gasteiger charge is 2.25. The predicted molar refractivity (Wildman–Crippen MR) is 103 cm³/mol. The van der Waals surface area contributed by atoms with E-state index in [1.54, 1.807) is 0 Å². The molecule has 25 heavy (non-hydrogen) atoms. The molecule has 0 spiro atoms. The Balaban J connectivity index is 2.25. The Labute approximate surface area is 153 Å². The molecule has 0 radical (unpaired) electrons.